The summed E-state index contributed by atoms with van der Waals surface area (Å²) in [6.45, 7) is 0.0980. The molecule has 0 fully saturated rings. The van der Waals surface area contributed by atoms with Gasteiger partial charge in [-0.05, 0) is 47.5 Å². The fourth-order valence-corrected chi connectivity index (χ4v) is 5.78. The smallest absolute Gasteiger partial charge is 0.241 e. The molecule has 0 aliphatic heterocycles. The van der Waals surface area contributed by atoms with Crippen LogP contribution in [0.3, 0.4) is 0 Å². The standard InChI is InChI=1S/C27H19ClF2N4O3S/c28-27-20(7-4-10-32-27)18-6-3-5-17(11-18)14-34-15-23(26-21(30)12-19(29)13-22(26)34)38(36,37)16-25(35)33-24-8-1-2-9-31-24/h1-13,15H,14,16H2,(H,31,33,35). The number of aromatic nitrogens is 3. The molecule has 0 atom stereocenters. The van der Waals surface area contributed by atoms with Crippen LogP contribution in [-0.2, 0) is 21.2 Å². The largest absolute Gasteiger partial charge is 0.342 e. The highest BCUT2D eigenvalue weighted by Crippen LogP contribution is 2.32. The number of hydrogen-bond donors (Lipinski definition) is 1. The van der Waals surface area contributed by atoms with E-state index in [9.17, 15) is 22.0 Å². The molecule has 3 aromatic heterocycles. The first-order valence-corrected chi connectivity index (χ1v) is 13.4. The fraction of sp³-hybridized carbons (Fsp3) is 0.0741. The molecule has 1 N–H and O–H groups in total. The summed E-state index contributed by atoms with van der Waals surface area (Å²) < 4.78 is 57.1. The van der Waals surface area contributed by atoms with Crippen molar-refractivity contribution in [3.63, 3.8) is 0 Å². The summed E-state index contributed by atoms with van der Waals surface area (Å²) in [5.41, 5.74) is 2.23. The summed E-state index contributed by atoms with van der Waals surface area (Å²) in [6.07, 6.45) is 4.24. The molecule has 0 radical (unpaired) electrons. The van der Waals surface area contributed by atoms with E-state index in [1.807, 2.05) is 18.2 Å². The van der Waals surface area contributed by atoms with E-state index in [2.05, 4.69) is 15.3 Å². The maximum absolute atomic E-state index is 15.0. The lowest BCUT2D eigenvalue weighted by Crippen LogP contribution is -2.23. The Bertz CT molecular complexity index is 1780. The lowest BCUT2D eigenvalue weighted by molar-refractivity contribution is -0.113. The number of halogens is 3. The Morgan fingerprint density at radius 1 is 0.974 bits per heavy atom. The van der Waals surface area contributed by atoms with Crippen molar-refractivity contribution in [2.45, 2.75) is 11.4 Å². The predicted octanol–water partition coefficient (Wildman–Crippen LogP) is 5.49. The number of benzene rings is 2. The maximum Gasteiger partial charge on any atom is 0.241 e. The first-order valence-electron chi connectivity index (χ1n) is 11.3. The quantitative estimate of drug-likeness (QED) is 0.269. The minimum absolute atomic E-state index is 0.0380. The molecule has 0 saturated carbocycles. The van der Waals surface area contributed by atoms with Gasteiger partial charge in [-0.3, -0.25) is 4.79 Å². The molecule has 2 aromatic carbocycles. The van der Waals surface area contributed by atoms with Crippen molar-refractivity contribution in [3.8, 4) is 11.1 Å². The van der Waals surface area contributed by atoms with Gasteiger partial charge in [0.2, 0.25) is 5.91 Å². The maximum atomic E-state index is 15.0. The van der Waals surface area contributed by atoms with E-state index in [4.69, 9.17) is 11.6 Å². The molecule has 11 heteroatoms. The van der Waals surface area contributed by atoms with Crippen LogP contribution >= 0.6 is 11.6 Å². The Balaban J connectivity index is 1.52. The van der Waals surface area contributed by atoms with Gasteiger partial charge in [0.1, 0.15) is 28.4 Å². The van der Waals surface area contributed by atoms with Gasteiger partial charge in [-0.25, -0.2) is 27.2 Å². The zero-order chi connectivity index (χ0) is 26.9. The lowest BCUT2D eigenvalue weighted by Gasteiger charge is -2.09. The molecule has 0 aliphatic carbocycles. The minimum Gasteiger partial charge on any atom is -0.342 e. The SMILES string of the molecule is O=C(CS(=O)(=O)c1cn(Cc2cccc(-c3cccnc3Cl)c2)c2cc(F)cc(F)c12)Nc1ccccn1. The van der Waals surface area contributed by atoms with E-state index in [0.29, 0.717) is 16.8 Å². The first-order chi connectivity index (χ1) is 18.2. The van der Waals surface area contributed by atoms with Crippen molar-refractivity contribution in [3.05, 3.63) is 108 Å². The molecule has 0 aliphatic rings. The Kier molecular flexibility index (Phi) is 6.92. The summed E-state index contributed by atoms with van der Waals surface area (Å²) in [5, 5.41) is 2.44. The second kappa shape index (κ2) is 10.3. The summed E-state index contributed by atoms with van der Waals surface area (Å²) in [4.78, 5) is 20.1. The number of rotatable bonds is 7. The predicted molar refractivity (Wildman–Crippen MR) is 141 cm³/mol. The zero-order valence-electron chi connectivity index (χ0n) is 19.6. The van der Waals surface area contributed by atoms with Crippen LogP contribution in [-0.4, -0.2) is 34.6 Å². The molecular weight excluding hydrogens is 534 g/mol. The molecule has 38 heavy (non-hydrogen) atoms. The van der Waals surface area contributed by atoms with Crippen molar-refractivity contribution in [1.82, 2.24) is 14.5 Å². The van der Waals surface area contributed by atoms with E-state index < -0.39 is 38.0 Å². The van der Waals surface area contributed by atoms with Gasteiger partial charge in [0.05, 0.1) is 15.8 Å². The van der Waals surface area contributed by atoms with Crippen molar-refractivity contribution in [2.24, 2.45) is 0 Å². The van der Waals surface area contributed by atoms with Crippen LogP contribution in [0.1, 0.15) is 5.56 Å². The van der Waals surface area contributed by atoms with Crippen LogP contribution in [0.2, 0.25) is 5.15 Å². The van der Waals surface area contributed by atoms with Crippen molar-refractivity contribution < 1.29 is 22.0 Å². The average molecular weight is 553 g/mol. The van der Waals surface area contributed by atoms with Gasteiger partial charge in [-0.15, -0.1) is 0 Å². The molecule has 192 valence electrons. The normalized spacial score (nSPS) is 11.6. The summed E-state index contributed by atoms with van der Waals surface area (Å²) in [6, 6.07) is 17.3. The van der Waals surface area contributed by atoms with Gasteiger partial charge in [0.25, 0.3) is 0 Å². The number of carbonyl (C=O) groups is 1. The summed E-state index contributed by atoms with van der Waals surface area (Å²) in [5.74, 6) is -3.51. The van der Waals surface area contributed by atoms with Gasteiger partial charge < -0.3 is 9.88 Å². The molecule has 5 aromatic rings. The number of nitrogens with one attached hydrogen (secondary N) is 1. The van der Waals surface area contributed by atoms with E-state index in [0.717, 1.165) is 17.2 Å². The molecule has 1 amide bonds. The van der Waals surface area contributed by atoms with E-state index >= 15 is 0 Å². The van der Waals surface area contributed by atoms with Crippen LogP contribution in [0.5, 0.6) is 0 Å². The molecule has 0 spiro atoms. The number of anilines is 1. The number of carbonyl (C=O) groups excluding carboxylic acids is 1. The highest BCUT2D eigenvalue weighted by atomic mass is 35.5. The molecule has 7 nitrogen and oxygen atoms in total. The zero-order valence-corrected chi connectivity index (χ0v) is 21.2. The third-order valence-corrected chi connectivity index (χ3v) is 7.72. The van der Waals surface area contributed by atoms with E-state index in [1.165, 1.54) is 23.0 Å². The number of nitrogens with zero attached hydrogens (tertiary/aromatic N) is 3. The fourth-order valence-electron chi connectivity index (χ4n) is 4.17. The number of sulfone groups is 1. The van der Waals surface area contributed by atoms with Gasteiger partial charge in [0, 0.05) is 36.8 Å². The van der Waals surface area contributed by atoms with Crippen LogP contribution in [0, 0.1) is 11.6 Å². The Morgan fingerprint density at radius 2 is 1.79 bits per heavy atom. The van der Waals surface area contributed by atoms with Crippen molar-refractivity contribution in [2.75, 3.05) is 11.1 Å². The molecule has 0 saturated heterocycles. The van der Waals surface area contributed by atoms with Crippen LogP contribution in [0.25, 0.3) is 22.0 Å². The highest BCUT2D eigenvalue weighted by molar-refractivity contribution is 7.92. The number of pyridine rings is 2. The van der Waals surface area contributed by atoms with E-state index in [1.54, 1.807) is 36.5 Å². The number of hydrogen-bond acceptors (Lipinski definition) is 5. The summed E-state index contributed by atoms with van der Waals surface area (Å²) >= 11 is 6.23. The number of amides is 1. The molecule has 5 rings (SSSR count). The Labute approximate surface area is 221 Å². The lowest BCUT2D eigenvalue weighted by atomic mass is 10.0. The highest BCUT2D eigenvalue weighted by Gasteiger charge is 2.27. The summed E-state index contributed by atoms with van der Waals surface area (Å²) in [7, 11) is -4.32. The molecule has 0 bridgehead atoms. The van der Waals surface area contributed by atoms with Crippen LogP contribution in [0.4, 0.5) is 14.6 Å². The monoisotopic (exact) mass is 552 g/mol. The van der Waals surface area contributed by atoms with Gasteiger partial charge >= 0.3 is 0 Å². The molecule has 0 unspecified atom stereocenters. The second-order valence-electron chi connectivity index (χ2n) is 8.47. The Hall–Kier alpha value is -4.15. The minimum atomic E-state index is -4.32. The van der Waals surface area contributed by atoms with Gasteiger partial charge in [0.15, 0.2) is 9.84 Å². The van der Waals surface area contributed by atoms with Gasteiger partial charge in [-0.2, -0.15) is 0 Å². The van der Waals surface area contributed by atoms with Crippen LogP contribution in [0.15, 0.2) is 90.2 Å². The average Bonchev–Trinajstić information content (AvgIpc) is 3.24. The number of fused-ring (bicyclic) bond motifs is 1. The first kappa shape index (κ1) is 25.5. The molecular formula is C27H19ClF2N4O3S. The Morgan fingerprint density at radius 3 is 2.55 bits per heavy atom. The third-order valence-electron chi connectivity index (χ3n) is 5.80. The van der Waals surface area contributed by atoms with Crippen molar-refractivity contribution in [1.29, 1.82) is 0 Å². The third kappa shape index (κ3) is 5.27. The molecule has 3 heterocycles. The van der Waals surface area contributed by atoms with Gasteiger partial charge in [-0.1, -0.05) is 35.9 Å². The topological polar surface area (TPSA) is 94.0 Å². The van der Waals surface area contributed by atoms with Crippen LogP contribution < -0.4 is 5.32 Å². The second-order valence-corrected chi connectivity index (χ2v) is 10.8. The van der Waals surface area contributed by atoms with Crippen molar-refractivity contribution >= 4 is 44.1 Å². The van der Waals surface area contributed by atoms with E-state index in [-0.39, 0.29) is 23.3 Å².